The Morgan fingerprint density at radius 2 is 1.53 bits per heavy atom. The maximum atomic E-state index is 13.4. The van der Waals surface area contributed by atoms with Gasteiger partial charge in [-0.15, -0.1) is 0 Å². The van der Waals surface area contributed by atoms with E-state index in [-0.39, 0.29) is 31.4 Å². The van der Waals surface area contributed by atoms with E-state index in [4.69, 9.17) is 16.3 Å². The van der Waals surface area contributed by atoms with Crippen LogP contribution in [0.2, 0.25) is 5.02 Å². The minimum Gasteiger partial charge on any atom is -0.392 e. The molecule has 38 heavy (non-hydrogen) atoms. The molecular weight excluding hydrogens is 504 g/mol. The highest BCUT2D eigenvalue weighted by Crippen LogP contribution is 2.40. The van der Waals surface area contributed by atoms with Crippen molar-refractivity contribution in [2.24, 2.45) is 0 Å². The van der Waals surface area contributed by atoms with Crippen molar-refractivity contribution in [1.82, 2.24) is 4.90 Å². The Kier molecular flexibility index (Phi) is 8.53. The van der Waals surface area contributed by atoms with Crippen LogP contribution in [-0.2, 0) is 35.0 Å². The molecule has 0 aliphatic rings. The number of nitrogens with zero attached hydrogens (tertiary/aromatic N) is 2. The van der Waals surface area contributed by atoms with Crippen LogP contribution in [0.25, 0.3) is 0 Å². The zero-order valence-corrected chi connectivity index (χ0v) is 21.5. The molecule has 0 saturated heterocycles. The van der Waals surface area contributed by atoms with Gasteiger partial charge >= 0.3 is 0 Å². The number of halogens is 1. The van der Waals surface area contributed by atoms with Crippen LogP contribution in [0.5, 0.6) is 0 Å². The number of carbonyl (C=O) groups excluding carboxylic acids is 1. The zero-order valence-electron chi connectivity index (χ0n) is 20.8. The molecular formula is C30H27ClN2O5. The first-order chi connectivity index (χ1) is 18.3. The third kappa shape index (κ3) is 5.92. The van der Waals surface area contributed by atoms with Crippen LogP contribution in [0.15, 0.2) is 103 Å². The molecule has 0 saturated carbocycles. The number of rotatable bonds is 10. The lowest BCUT2D eigenvalue weighted by Gasteiger charge is -2.44. The number of amides is 1. The molecule has 0 fully saturated rings. The SMILES string of the molecule is CC(=O)N(Cc1ccc([N+](=O)[O-])cc1)C(OCc1cccc(CO)c1)(c1ccccc1)c1ccc(Cl)cc1. The Morgan fingerprint density at radius 3 is 2.13 bits per heavy atom. The van der Waals surface area contributed by atoms with Gasteiger partial charge in [-0.05, 0) is 28.8 Å². The molecule has 8 heteroatoms. The van der Waals surface area contributed by atoms with E-state index in [2.05, 4.69) is 0 Å². The fourth-order valence-electron chi connectivity index (χ4n) is 4.42. The zero-order chi connectivity index (χ0) is 27.1. The lowest BCUT2D eigenvalue weighted by Crippen LogP contribution is -2.51. The maximum Gasteiger partial charge on any atom is 0.269 e. The normalized spacial score (nSPS) is 12.5. The van der Waals surface area contributed by atoms with Gasteiger partial charge in [0.05, 0.1) is 18.1 Å². The number of benzene rings is 4. The van der Waals surface area contributed by atoms with Crippen LogP contribution in [0.4, 0.5) is 5.69 Å². The Labute approximate surface area is 226 Å². The summed E-state index contributed by atoms with van der Waals surface area (Å²) in [7, 11) is 0. The number of carbonyl (C=O) groups is 1. The number of ether oxygens (including phenoxy) is 1. The van der Waals surface area contributed by atoms with E-state index in [1.165, 1.54) is 19.1 Å². The van der Waals surface area contributed by atoms with E-state index in [1.54, 1.807) is 29.2 Å². The van der Waals surface area contributed by atoms with Gasteiger partial charge in [-0.3, -0.25) is 14.9 Å². The smallest absolute Gasteiger partial charge is 0.269 e. The van der Waals surface area contributed by atoms with Crippen molar-refractivity contribution >= 4 is 23.2 Å². The molecule has 1 unspecified atom stereocenters. The van der Waals surface area contributed by atoms with Gasteiger partial charge in [0.25, 0.3) is 5.69 Å². The fourth-order valence-corrected chi connectivity index (χ4v) is 4.54. The monoisotopic (exact) mass is 530 g/mol. The summed E-state index contributed by atoms with van der Waals surface area (Å²) in [5.41, 5.74) is 2.28. The third-order valence-electron chi connectivity index (χ3n) is 6.27. The maximum absolute atomic E-state index is 13.4. The summed E-state index contributed by atoms with van der Waals surface area (Å²) in [6.45, 7) is 1.63. The molecule has 0 aliphatic carbocycles. The molecule has 4 aromatic carbocycles. The van der Waals surface area contributed by atoms with E-state index in [9.17, 15) is 20.0 Å². The average Bonchev–Trinajstić information content (AvgIpc) is 2.94. The Morgan fingerprint density at radius 1 is 0.895 bits per heavy atom. The van der Waals surface area contributed by atoms with Crippen molar-refractivity contribution in [2.45, 2.75) is 32.4 Å². The first-order valence-corrected chi connectivity index (χ1v) is 12.4. The van der Waals surface area contributed by atoms with Crippen LogP contribution in [0.3, 0.4) is 0 Å². The Hall–Kier alpha value is -4.04. The van der Waals surface area contributed by atoms with Crippen LogP contribution in [-0.4, -0.2) is 20.8 Å². The van der Waals surface area contributed by atoms with Crippen molar-refractivity contribution in [2.75, 3.05) is 0 Å². The quantitative estimate of drug-likeness (QED) is 0.149. The molecule has 1 N–H and O–H groups in total. The molecule has 4 aromatic rings. The number of aliphatic hydroxyl groups excluding tert-OH is 1. The van der Waals surface area contributed by atoms with Crippen LogP contribution in [0, 0.1) is 10.1 Å². The number of hydrogen-bond acceptors (Lipinski definition) is 5. The number of aliphatic hydroxyl groups is 1. The molecule has 1 amide bonds. The summed E-state index contributed by atoms with van der Waals surface area (Å²) in [6.07, 6.45) is 0. The first-order valence-electron chi connectivity index (χ1n) is 12.0. The minimum atomic E-state index is -1.37. The van der Waals surface area contributed by atoms with E-state index >= 15 is 0 Å². The Bertz CT molecular complexity index is 1390. The standard InChI is InChI=1S/C30H27ClN2O5/c1-22(35)32(19-23-10-16-29(17-11-23)33(36)37)30(26-8-3-2-4-9-26,27-12-14-28(31)15-13-27)38-21-25-7-5-6-24(18-25)20-34/h2-18,34H,19-21H2,1H3. The number of nitro benzene ring substituents is 1. The predicted molar refractivity (Wildman–Crippen MR) is 145 cm³/mol. The summed E-state index contributed by atoms with van der Waals surface area (Å²) < 4.78 is 6.76. The van der Waals surface area contributed by atoms with Crippen LogP contribution in [0.1, 0.15) is 34.7 Å². The van der Waals surface area contributed by atoms with Crippen LogP contribution < -0.4 is 0 Å². The Balaban J connectivity index is 1.87. The summed E-state index contributed by atoms with van der Waals surface area (Å²) in [4.78, 5) is 25.7. The lowest BCUT2D eigenvalue weighted by molar-refractivity contribution is -0.384. The second kappa shape index (κ2) is 12.0. The van der Waals surface area contributed by atoms with Gasteiger partial charge in [0.1, 0.15) is 0 Å². The minimum absolute atomic E-state index is 0.0323. The first kappa shape index (κ1) is 27.0. The fraction of sp³-hybridized carbons (Fsp3) is 0.167. The average molecular weight is 531 g/mol. The second-order valence-corrected chi connectivity index (χ2v) is 9.25. The van der Waals surface area contributed by atoms with Crippen molar-refractivity contribution in [3.8, 4) is 0 Å². The molecule has 194 valence electrons. The second-order valence-electron chi connectivity index (χ2n) is 8.81. The van der Waals surface area contributed by atoms with Gasteiger partial charge in [0, 0.05) is 41.8 Å². The van der Waals surface area contributed by atoms with Gasteiger partial charge in [-0.25, -0.2) is 0 Å². The van der Waals surface area contributed by atoms with Crippen molar-refractivity contribution < 1.29 is 19.6 Å². The molecule has 0 aromatic heterocycles. The van der Waals surface area contributed by atoms with E-state index in [0.717, 1.165) is 16.7 Å². The molecule has 7 nitrogen and oxygen atoms in total. The molecule has 0 bridgehead atoms. The highest BCUT2D eigenvalue weighted by atomic mass is 35.5. The number of nitro groups is 1. The number of non-ortho nitro benzene ring substituents is 1. The highest BCUT2D eigenvalue weighted by molar-refractivity contribution is 6.30. The largest absolute Gasteiger partial charge is 0.392 e. The van der Waals surface area contributed by atoms with Gasteiger partial charge in [0.15, 0.2) is 5.72 Å². The van der Waals surface area contributed by atoms with Gasteiger partial charge in [-0.2, -0.15) is 0 Å². The predicted octanol–water partition coefficient (Wildman–Crippen LogP) is 6.21. The molecule has 0 spiro atoms. The summed E-state index contributed by atoms with van der Waals surface area (Å²) >= 11 is 6.23. The van der Waals surface area contributed by atoms with Crippen molar-refractivity contribution in [3.05, 3.63) is 146 Å². The van der Waals surface area contributed by atoms with E-state index < -0.39 is 10.6 Å². The van der Waals surface area contributed by atoms with Crippen molar-refractivity contribution in [3.63, 3.8) is 0 Å². The van der Waals surface area contributed by atoms with Crippen molar-refractivity contribution in [1.29, 1.82) is 0 Å². The summed E-state index contributed by atoms with van der Waals surface area (Å²) in [5.74, 6) is -0.258. The highest BCUT2D eigenvalue weighted by Gasteiger charge is 2.43. The third-order valence-corrected chi connectivity index (χ3v) is 6.52. The summed E-state index contributed by atoms with van der Waals surface area (Å²) in [5, 5.41) is 21.3. The topological polar surface area (TPSA) is 92.9 Å². The lowest BCUT2D eigenvalue weighted by atomic mass is 9.91. The molecule has 0 radical (unpaired) electrons. The van der Waals surface area contributed by atoms with E-state index in [1.807, 2.05) is 66.7 Å². The van der Waals surface area contributed by atoms with Gasteiger partial charge in [0.2, 0.25) is 5.91 Å². The molecule has 0 heterocycles. The van der Waals surface area contributed by atoms with Crippen LogP contribution >= 0.6 is 11.6 Å². The van der Waals surface area contributed by atoms with Gasteiger partial charge in [-0.1, -0.05) is 90.5 Å². The van der Waals surface area contributed by atoms with Gasteiger partial charge < -0.3 is 14.7 Å². The molecule has 1 atom stereocenters. The molecule has 4 rings (SSSR count). The number of hydrogen-bond donors (Lipinski definition) is 1. The van der Waals surface area contributed by atoms with E-state index in [0.29, 0.717) is 16.1 Å². The summed E-state index contributed by atoms with van der Waals surface area (Å²) in [6, 6.07) is 30.1. The molecule has 0 aliphatic heterocycles.